The minimum Gasteiger partial charge on any atom is -0.368 e. The van der Waals surface area contributed by atoms with Crippen LogP contribution in [0.15, 0.2) is 48.8 Å². The molecule has 0 spiro atoms. The third-order valence-electron chi connectivity index (χ3n) is 3.60. The number of anilines is 1. The van der Waals surface area contributed by atoms with E-state index in [4.69, 9.17) is 4.74 Å². The van der Waals surface area contributed by atoms with E-state index in [1.807, 2.05) is 36.4 Å². The highest BCUT2D eigenvalue weighted by atomic mass is 16.5. The molecule has 21 heavy (non-hydrogen) atoms. The van der Waals surface area contributed by atoms with Crippen LogP contribution in [0.2, 0.25) is 0 Å². The van der Waals surface area contributed by atoms with Gasteiger partial charge in [0, 0.05) is 24.7 Å². The predicted octanol–water partition coefficient (Wildman–Crippen LogP) is 2.79. The summed E-state index contributed by atoms with van der Waals surface area (Å²) in [5.41, 5.74) is 3.24. The van der Waals surface area contributed by atoms with Gasteiger partial charge in [-0.25, -0.2) is 0 Å². The van der Waals surface area contributed by atoms with E-state index in [1.165, 1.54) is 11.1 Å². The van der Waals surface area contributed by atoms with E-state index < -0.39 is 0 Å². The van der Waals surface area contributed by atoms with Crippen LogP contribution in [0, 0.1) is 0 Å². The van der Waals surface area contributed by atoms with Gasteiger partial charge in [-0.2, -0.15) is 0 Å². The average Bonchev–Trinajstić information content (AvgIpc) is 3.05. The standard InChI is InChI=1S/C17H18N2O2/c20-17(16-2-1-11-21-16)19-15-5-3-13(4-6-15)12-14-7-9-18-10-8-14/h3-10,16H,1-2,11-12H2,(H,19,20). The Morgan fingerprint density at radius 3 is 2.52 bits per heavy atom. The second kappa shape index (κ2) is 6.50. The molecular weight excluding hydrogens is 264 g/mol. The SMILES string of the molecule is O=C(Nc1ccc(Cc2ccncc2)cc1)C1CCCO1. The van der Waals surface area contributed by atoms with Gasteiger partial charge in [-0.05, 0) is 54.7 Å². The molecule has 1 aromatic heterocycles. The first kappa shape index (κ1) is 13.8. The van der Waals surface area contributed by atoms with Crippen LogP contribution in [0.3, 0.4) is 0 Å². The maximum atomic E-state index is 11.9. The van der Waals surface area contributed by atoms with Crippen molar-refractivity contribution in [2.24, 2.45) is 0 Å². The van der Waals surface area contributed by atoms with Gasteiger partial charge in [0.15, 0.2) is 0 Å². The third-order valence-corrected chi connectivity index (χ3v) is 3.60. The van der Waals surface area contributed by atoms with Crippen LogP contribution in [0.1, 0.15) is 24.0 Å². The molecule has 1 aliphatic rings. The largest absolute Gasteiger partial charge is 0.368 e. The van der Waals surface area contributed by atoms with Crippen LogP contribution < -0.4 is 5.32 Å². The molecule has 1 aliphatic heterocycles. The number of aromatic nitrogens is 1. The van der Waals surface area contributed by atoms with Gasteiger partial charge in [0.1, 0.15) is 6.10 Å². The molecule has 0 radical (unpaired) electrons. The van der Waals surface area contributed by atoms with Crippen LogP contribution in [-0.4, -0.2) is 23.6 Å². The lowest BCUT2D eigenvalue weighted by molar-refractivity contribution is -0.124. The van der Waals surface area contributed by atoms with Crippen LogP contribution in [0.25, 0.3) is 0 Å². The summed E-state index contributed by atoms with van der Waals surface area (Å²) >= 11 is 0. The van der Waals surface area contributed by atoms with Crippen LogP contribution in [0.5, 0.6) is 0 Å². The van der Waals surface area contributed by atoms with E-state index in [-0.39, 0.29) is 12.0 Å². The molecule has 108 valence electrons. The van der Waals surface area contributed by atoms with Crippen LogP contribution >= 0.6 is 0 Å². The van der Waals surface area contributed by atoms with Crippen molar-refractivity contribution >= 4 is 11.6 Å². The monoisotopic (exact) mass is 282 g/mol. The van der Waals surface area contributed by atoms with Crippen molar-refractivity contribution in [1.82, 2.24) is 4.98 Å². The fourth-order valence-electron chi connectivity index (χ4n) is 2.45. The number of carbonyl (C=O) groups excluding carboxylic acids is 1. The first-order valence-electron chi connectivity index (χ1n) is 7.21. The first-order valence-corrected chi connectivity index (χ1v) is 7.21. The van der Waals surface area contributed by atoms with Crippen molar-refractivity contribution in [2.75, 3.05) is 11.9 Å². The molecule has 0 bridgehead atoms. The highest BCUT2D eigenvalue weighted by molar-refractivity contribution is 5.94. The summed E-state index contributed by atoms with van der Waals surface area (Å²) in [4.78, 5) is 16.0. The highest BCUT2D eigenvalue weighted by Gasteiger charge is 2.23. The summed E-state index contributed by atoms with van der Waals surface area (Å²) in [5, 5.41) is 2.90. The topological polar surface area (TPSA) is 51.2 Å². The van der Waals surface area contributed by atoms with Gasteiger partial charge in [-0.3, -0.25) is 9.78 Å². The number of hydrogen-bond acceptors (Lipinski definition) is 3. The Balaban J connectivity index is 1.60. The number of ether oxygens (including phenoxy) is 1. The van der Waals surface area contributed by atoms with Crippen molar-refractivity contribution < 1.29 is 9.53 Å². The minimum atomic E-state index is -0.290. The van der Waals surface area contributed by atoms with Gasteiger partial charge in [0.05, 0.1) is 0 Å². The lowest BCUT2D eigenvalue weighted by Crippen LogP contribution is -2.26. The van der Waals surface area contributed by atoms with Crippen molar-refractivity contribution in [2.45, 2.75) is 25.4 Å². The van der Waals surface area contributed by atoms with E-state index in [0.29, 0.717) is 6.61 Å². The molecule has 2 heterocycles. The maximum absolute atomic E-state index is 11.9. The molecular formula is C17H18N2O2. The average molecular weight is 282 g/mol. The van der Waals surface area contributed by atoms with Gasteiger partial charge in [0.2, 0.25) is 0 Å². The number of amides is 1. The molecule has 1 amide bonds. The Morgan fingerprint density at radius 1 is 1.14 bits per heavy atom. The Labute approximate surface area is 124 Å². The fraction of sp³-hybridized carbons (Fsp3) is 0.294. The number of benzene rings is 1. The molecule has 0 aliphatic carbocycles. The van der Waals surface area contributed by atoms with E-state index >= 15 is 0 Å². The number of hydrogen-bond donors (Lipinski definition) is 1. The van der Waals surface area contributed by atoms with Gasteiger partial charge in [0.25, 0.3) is 5.91 Å². The molecule has 4 nitrogen and oxygen atoms in total. The number of pyridine rings is 1. The van der Waals surface area contributed by atoms with Gasteiger partial charge >= 0.3 is 0 Å². The second-order valence-corrected chi connectivity index (χ2v) is 5.22. The summed E-state index contributed by atoms with van der Waals surface area (Å²) < 4.78 is 5.37. The number of rotatable bonds is 4. The Morgan fingerprint density at radius 2 is 1.86 bits per heavy atom. The molecule has 4 heteroatoms. The molecule has 1 unspecified atom stereocenters. The summed E-state index contributed by atoms with van der Waals surface area (Å²) in [6.07, 6.45) is 5.94. The van der Waals surface area contributed by atoms with Crippen molar-refractivity contribution in [3.8, 4) is 0 Å². The summed E-state index contributed by atoms with van der Waals surface area (Å²) in [6.45, 7) is 0.683. The van der Waals surface area contributed by atoms with Crippen LogP contribution in [-0.2, 0) is 16.0 Å². The molecule has 0 saturated carbocycles. The lowest BCUT2D eigenvalue weighted by Gasteiger charge is -2.11. The normalized spacial score (nSPS) is 17.6. The quantitative estimate of drug-likeness (QED) is 0.938. The third kappa shape index (κ3) is 3.67. The predicted molar refractivity (Wildman–Crippen MR) is 81.1 cm³/mol. The minimum absolute atomic E-state index is 0.0469. The molecule has 1 N–H and O–H groups in total. The lowest BCUT2D eigenvalue weighted by atomic mass is 10.1. The Bertz CT molecular complexity index is 590. The van der Waals surface area contributed by atoms with Crippen molar-refractivity contribution in [3.63, 3.8) is 0 Å². The number of nitrogens with zero attached hydrogens (tertiary/aromatic N) is 1. The number of carbonyl (C=O) groups is 1. The molecule has 1 aromatic carbocycles. The van der Waals surface area contributed by atoms with Crippen LogP contribution in [0.4, 0.5) is 5.69 Å². The Kier molecular flexibility index (Phi) is 4.26. The summed E-state index contributed by atoms with van der Waals surface area (Å²) in [6, 6.07) is 11.9. The fourth-order valence-corrected chi connectivity index (χ4v) is 2.45. The second-order valence-electron chi connectivity index (χ2n) is 5.22. The van der Waals surface area contributed by atoms with E-state index in [2.05, 4.69) is 10.3 Å². The van der Waals surface area contributed by atoms with E-state index in [0.717, 1.165) is 24.9 Å². The molecule has 1 atom stereocenters. The highest BCUT2D eigenvalue weighted by Crippen LogP contribution is 2.17. The summed E-state index contributed by atoms with van der Waals surface area (Å²) in [5.74, 6) is -0.0469. The number of nitrogens with one attached hydrogen (secondary N) is 1. The molecule has 3 rings (SSSR count). The maximum Gasteiger partial charge on any atom is 0.253 e. The van der Waals surface area contributed by atoms with Gasteiger partial charge in [-0.15, -0.1) is 0 Å². The van der Waals surface area contributed by atoms with Gasteiger partial charge < -0.3 is 10.1 Å². The first-order chi connectivity index (χ1) is 10.3. The van der Waals surface area contributed by atoms with E-state index in [9.17, 15) is 4.79 Å². The Hall–Kier alpha value is -2.20. The van der Waals surface area contributed by atoms with E-state index in [1.54, 1.807) is 12.4 Å². The molecule has 2 aromatic rings. The van der Waals surface area contributed by atoms with Gasteiger partial charge in [-0.1, -0.05) is 12.1 Å². The molecule has 1 saturated heterocycles. The smallest absolute Gasteiger partial charge is 0.253 e. The van der Waals surface area contributed by atoms with Crippen molar-refractivity contribution in [1.29, 1.82) is 0 Å². The van der Waals surface area contributed by atoms with Crippen molar-refractivity contribution in [3.05, 3.63) is 59.9 Å². The summed E-state index contributed by atoms with van der Waals surface area (Å²) in [7, 11) is 0. The molecule has 1 fully saturated rings. The zero-order valence-corrected chi connectivity index (χ0v) is 11.8. The zero-order chi connectivity index (χ0) is 14.5. The zero-order valence-electron chi connectivity index (χ0n) is 11.8.